The number of para-hydroxylation sites is 1. The maximum atomic E-state index is 13.2. The summed E-state index contributed by atoms with van der Waals surface area (Å²) in [5.74, 6) is 0.802. The van der Waals surface area contributed by atoms with E-state index in [1.807, 2.05) is 24.3 Å². The molecule has 1 aliphatic carbocycles. The first kappa shape index (κ1) is 18.9. The smallest absolute Gasteiger partial charge is 0.287 e. The number of amides is 1. The van der Waals surface area contributed by atoms with Gasteiger partial charge >= 0.3 is 0 Å². The van der Waals surface area contributed by atoms with E-state index < -0.39 is 0 Å². The van der Waals surface area contributed by atoms with Crippen molar-refractivity contribution in [3.05, 3.63) is 89.4 Å². The van der Waals surface area contributed by atoms with Gasteiger partial charge in [0.25, 0.3) is 5.91 Å². The zero-order valence-electron chi connectivity index (χ0n) is 16.4. The maximum absolute atomic E-state index is 13.2. The van der Waals surface area contributed by atoms with Gasteiger partial charge in [0, 0.05) is 35.1 Å². The van der Waals surface area contributed by atoms with Crippen LogP contribution in [0.15, 0.2) is 76.6 Å². The molecule has 5 nitrogen and oxygen atoms in total. The third-order valence-corrected chi connectivity index (χ3v) is 6.38. The molecule has 0 radical (unpaired) electrons. The molecule has 30 heavy (non-hydrogen) atoms. The van der Waals surface area contributed by atoms with E-state index in [2.05, 4.69) is 39.6 Å². The number of carbonyl (C=O) groups excluding carboxylic acids is 1. The van der Waals surface area contributed by atoms with Gasteiger partial charge in [-0.05, 0) is 42.5 Å². The van der Waals surface area contributed by atoms with E-state index in [1.165, 1.54) is 22.9 Å². The molecule has 4 aromatic rings. The highest BCUT2D eigenvalue weighted by Crippen LogP contribution is 2.31. The molecule has 150 valence electrons. The second-order valence-electron chi connectivity index (χ2n) is 7.41. The molecule has 1 unspecified atom stereocenters. The summed E-state index contributed by atoms with van der Waals surface area (Å²) in [5, 5.41) is 4.84. The van der Waals surface area contributed by atoms with Gasteiger partial charge in [0.15, 0.2) is 10.9 Å². The number of furan rings is 1. The molecule has 1 atom stereocenters. The molecule has 0 saturated heterocycles. The van der Waals surface area contributed by atoms with Gasteiger partial charge in [0.05, 0.1) is 0 Å². The van der Waals surface area contributed by atoms with Gasteiger partial charge in [-0.15, -0.1) is 0 Å². The summed E-state index contributed by atoms with van der Waals surface area (Å²) in [6.45, 7) is 0. The summed E-state index contributed by atoms with van der Waals surface area (Å²) in [5.41, 5.74) is 4.31. The summed E-state index contributed by atoms with van der Waals surface area (Å²) in [7, 11) is 0. The van der Waals surface area contributed by atoms with Crippen molar-refractivity contribution in [2.75, 3.05) is 0 Å². The van der Waals surface area contributed by atoms with Crippen LogP contribution in [-0.2, 0) is 18.6 Å². The number of thioether (sulfide) groups is 1. The summed E-state index contributed by atoms with van der Waals surface area (Å²) in [4.78, 5) is 21.7. The minimum atomic E-state index is -0.153. The number of hydrogen-bond acceptors (Lipinski definition) is 5. The number of nitrogens with zero attached hydrogens (tertiary/aromatic N) is 2. The maximum Gasteiger partial charge on any atom is 0.287 e. The summed E-state index contributed by atoms with van der Waals surface area (Å²) >= 11 is 1.50. The molecule has 2 heterocycles. The highest BCUT2D eigenvalue weighted by Gasteiger charge is 2.25. The lowest BCUT2D eigenvalue weighted by atomic mass is 9.88. The fourth-order valence-electron chi connectivity index (χ4n) is 3.99. The molecule has 5 rings (SSSR count). The van der Waals surface area contributed by atoms with Crippen molar-refractivity contribution < 1.29 is 9.21 Å². The first-order valence-corrected chi connectivity index (χ1v) is 11.0. The number of rotatable bonds is 5. The molecule has 2 aromatic heterocycles. The lowest BCUT2D eigenvalue weighted by Crippen LogP contribution is -2.39. The van der Waals surface area contributed by atoms with Crippen LogP contribution < -0.4 is 5.32 Å². The van der Waals surface area contributed by atoms with Crippen LogP contribution in [0.5, 0.6) is 0 Å². The first-order chi connectivity index (χ1) is 14.8. The second kappa shape index (κ2) is 8.32. The molecule has 1 N–H and O–H groups in total. The number of aryl methyl sites for hydroxylation is 1. The van der Waals surface area contributed by atoms with Crippen LogP contribution in [0.3, 0.4) is 0 Å². The van der Waals surface area contributed by atoms with Gasteiger partial charge in [0.1, 0.15) is 5.58 Å². The molecule has 1 aliphatic rings. The second-order valence-corrected chi connectivity index (χ2v) is 8.35. The molecule has 6 heteroatoms. The zero-order valence-corrected chi connectivity index (χ0v) is 17.2. The number of nitrogens with one attached hydrogen (secondary N) is 1. The average Bonchev–Trinajstić information content (AvgIpc) is 3.17. The van der Waals surface area contributed by atoms with E-state index in [0.29, 0.717) is 16.7 Å². The van der Waals surface area contributed by atoms with Crippen LogP contribution in [-0.4, -0.2) is 21.9 Å². The van der Waals surface area contributed by atoms with Crippen molar-refractivity contribution in [1.29, 1.82) is 0 Å². The Balaban J connectivity index is 1.38. The standard InChI is InChI=1S/C24H21N3O2S/c28-23(27-18-11-10-16-6-1-2-7-17(16)14-18)22-20(15-30-24-25-12-5-13-26-24)19-8-3-4-9-21(19)29-22/h1-9,12-13,18H,10-11,14-15H2,(H,27,28). The minimum absolute atomic E-state index is 0.110. The van der Waals surface area contributed by atoms with E-state index in [-0.39, 0.29) is 11.9 Å². The van der Waals surface area contributed by atoms with Crippen molar-refractivity contribution in [1.82, 2.24) is 15.3 Å². The van der Waals surface area contributed by atoms with Crippen molar-refractivity contribution in [2.24, 2.45) is 0 Å². The van der Waals surface area contributed by atoms with Gasteiger partial charge < -0.3 is 9.73 Å². The number of benzene rings is 2. The Kier molecular flexibility index (Phi) is 5.24. The van der Waals surface area contributed by atoms with Crippen LogP contribution in [0.1, 0.15) is 33.7 Å². The Bertz CT molecular complexity index is 1190. The van der Waals surface area contributed by atoms with Gasteiger partial charge in [-0.25, -0.2) is 9.97 Å². The predicted molar refractivity (Wildman–Crippen MR) is 118 cm³/mol. The number of fused-ring (bicyclic) bond motifs is 2. The van der Waals surface area contributed by atoms with Crippen LogP contribution >= 0.6 is 11.8 Å². The first-order valence-electron chi connectivity index (χ1n) is 10.1. The van der Waals surface area contributed by atoms with E-state index in [9.17, 15) is 4.79 Å². The Morgan fingerprint density at radius 2 is 1.80 bits per heavy atom. The van der Waals surface area contributed by atoms with Crippen molar-refractivity contribution in [3.8, 4) is 0 Å². The summed E-state index contributed by atoms with van der Waals surface area (Å²) in [6.07, 6.45) is 6.21. The molecule has 0 spiro atoms. The largest absolute Gasteiger partial charge is 0.451 e. The van der Waals surface area contributed by atoms with E-state index in [4.69, 9.17) is 4.42 Å². The molecule has 1 amide bonds. The lowest BCUT2D eigenvalue weighted by molar-refractivity contribution is 0.0907. The highest BCUT2D eigenvalue weighted by molar-refractivity contribution is 7.98. The topological polar surface area (TPSA) is 68.0 Å². The summed E-state index contributed by atoms with van der Waals surface area (Å²) in [6, 6.07) is 18.1. The van der Waals surface area contributed by atoms with Crippen molar-refractivity contribution in [3.63, 3.8) is 0 Å². The molecule has 0 fully saturated rings. The number of hydrogen-bond donors (Lipinski definition) is 1. The number of aromatic nitrogens is 2. The summed E-state index contributed by atoms with van der Waals surface area (Å²) < 4.78 is 5.99. The third-order valence-electron chi connectivity index (χ3n) is 5.47. The van der Waals surface area contributed by atoms with Gasteiger partial charge in [-0.1, -0.05) is 54.2 Å². The monoisotopic (exact) mass is 415 g/mol. The van der Waals surface area contributed by atoms with Crippen molar-refractivity contribution >= 4 is 28.6 Å². The van der Waals surface area contributed by atoms with Crippen molar-refractivity contribution in [2.45, 2.75) is 36.2 Å². The molecular formula is C24H21N3O2S. The van der Waals surface area contributed by atoms with E-state index in [1.54, 1.807) is 18.5 Å². The molecule has 0 bridgehead atoms. The Morgan fingerprint density at radius 3 is 2.67 bits per heavy atom. The Labute approximate surface area is 178 Å². The number of carbonyl (C=O) groups is 1. The Morgan fingerprint density at radius 1 is 1.03 bits per heavy atom. The van der Waals surface area contributed by atoms with E-state index >= 15 is 0 Å². The van der Waals surface area contributed by atoms with E-state index in [0.717, 1.165) is 35.8 Å². The van der Waals surface area contributed by atoms with Gasteiger partial charge in [0.2, 0.25) is 0 Å². The van der Waals surface area contributed by atoms with Gasteiger partial charge in [-0.3, -0.25) is 4.79 Å². The fraction of sp³-hybridized carbons (Fsp3) is 0.208. The normalized spacial score (nSPS) is 15.7. The van der Waals surface area contributed by atoms with Crippen LogP contribution in [0.25, 0.3) is 11.0 Å². The zero-order chi connectivity index (χ0) is 20.3. The molecular weight excluding hydrogens is 394 g/mol. The lowest BCUT2D eigenvalue weighted by Gasteiger charge is -2.25. The average molecular weight is 416 g/mol. The van der Waals surface area contributed by atoms with Crippen LogP contribution in [0, 0.1) is 0 Å². The highest BCUT2D eigenvalue weighted by atomic mass is 32.2. The third kappa shape index (κ3) is 3.83. The van der Waals surface area contributed by atoms with Gasteiger partial charge in [-0.2, -0.15) is 0 Å². The fourth-order valence-corrected chi connectivity index (χ4v) is 4.82. The quantitative estimate of drug-likeness (QED) is 0.374. The molecule has 2 aromatic carbocycles. The van der Waals surface area contributed by atoms with Crippen LogP contribution in [0.2, 0.25) is 0 Å². The molecule has 0 saturated carbocycles. The minimum Gasteiger partial charge on any atom is -0.451 e. The Hall–Kier alpha value is -3.12. The molecule has 0 aliphatic heterocycles. The predicted octanol–water partition coefficient (Wildman–Crippen LogP) is 4.80. The van der Waals surface area contributed by atoms with Crippen LogP contribution in [0.4, 0.5) is 0 Å². The SMILES string of the molecule is O=C(NC1CCc2ccccc2C1)c1oc2ccccc2c1CSc1ncccn1.